The maximum absolute atomic E-state index is 12.5. The van der Waals surface area contributed by atoms with E-state index in [1.165, 1.54) is 6.92 Å². The summed E-state index contributed by atoms with van der Waals surface area (Å²) in [5.74, 6) is 0.586. The smallest absolute Gasteiger partial charge is 0.308 e. The largest absolute Gasteiger partial charge is 0.490 e. The monoisotopic (exact) mass is 510 g/mol. The summed E-state index contributed by atoms with van der Waals surface area (Å²) < 4.78 is 11.7. The second kappa shape index (κ2) is 12.9. The predicted molar refractivity (Wildman–Crippen MR) is 132 cm³/mol. The SMILES string of the molecule is CC(=O)Oc1c(C)cc(OCC(O)C[N+](C)(C)CCNC(=O)C2CCC(O[N+](=O)[O-])CC2)c(C)c1C. The van der Waals surface area contributed by atoms with E-state index in [-0.39, 0.29) is 24.4 Å². The molecular formula is C25H40N3O8+. The van der Waals surface area contributed by atoms with Crippen LogP contribution in [0.15, 0.2) is 6.07 Å². The molecule has 0 aliphatic heterocycles. The summed E-state index contributed by atoms with van der Waals surface area (Å²) in [5, 5.41) is 23.2. The number of hydrogen-bond acceptors (Lipinski definition) is 8. The molecule has 0 bridgehead atoms. The van der Waals surface area contributed by atoms with Crippen molar-refractivity contribution in [3.05, 3.63) is 32.9 Å². The highest BCUT2D eigenvalue weighted by Gasteiger charge is 2.29. The average Bonchev–Trinajstić information content (AvgIpc) is 2.77. The highest BCUT2D eigenvalue weighted by Crippen LogP contribution is 2.33. The number of aliphatic hydroxyl groups is 1. The number of carbonyl (C=O) groups excluding carboxylic acids is 2. The Kier molecular flexibility index (Phi) is 10.5. The summed E-state index contributed by atoms with van der Waals surface area (Å²) >= 11 is 0. The number of esters is 1. The number of rotatable bonds is 12. The van der Waals surface area contributed by atoms with Crippen LogP contribution in [0.4, 0.5) is 0 Å². The zero-order chi connectivity index (χ0) is 27.0. The zero-order valence-corrected chi connectivity index (χ0v) is 22.2. The maximum Gasteiger partial charge on any atom is 0.308 e. The van der Waals surface area contributed by atoms with Gasteiger partial charge < -0.3 is 29.2 Å². The van der Waals surface area contributed by atoms with Gasteiger partial charge in [0.15, 0.2) is 0 Å². The summed E-state index contributed by atoms with van der Waals surface area (Å²) in [4.78, 5) is 38.9. The van der Waals surface area contributed by atoms with Gasteiger partial charge in [0.25, 0.3) is 5.09 Å². The van der Waals surface area contributed by atoms with E-state index in [4.69, 9.17) is 9.47 Å². The Labute approximate surface area is 212 Å². The third kappa shape index (κ3) is 8.94. The van der Waals surface area contributed by atoms with Crippen LogP contribution in [-0.2, 0) is 14.4 Å². The number of nitrogens with zero attached hydrogens (tertiary/aromatic N) is 2. The molecule has 1 unspecified atom stereocenters. The third-order valence-electron chi connectivity index (χ3n) is 6.66. The van der Waals surface area contributed by atoms with E-state index in [2.05, 4.69) is 10.2 Å². The first-order valence-electron chi connectivity index (χ1n) is 12.3. The van der Waals surface area contributed by atoms with E-state index in [1.807, 2.05) is 34.9 Å². The van der Waals surface area contributed by atoms with Gasteiger partial charge in [-0.05, 0) is 69.2 Å². The molecule has 1 aromatic carbocycles. The van der Waals surface area contributed by atoms with Gasteiger partial charge in [-0.15, -0.1) is 10.1 Å². The lowest BCUT2D eigenvalue weighted by atomic mass is 9.87. The molecule has 1 aliphatic rings. The number of ether oxygens (including phenoxy) is 2. The van der Waals surface area contributed by atoms with Crippen molar-refractivity contribution in [2.75, 3.05) is 40.3 Å². The van der Waals surface area contributed by atoms with Crippen LogP contribution in [0.3, 0.4) is 0 Å². The molecule has 202 valence electrons. The molecule has 36 heavy (non-hydrogen) atoms. The van der Waals surface area contributed by atoms with E-state index in [0.29, 0.717) is 61.3 Å². The van der Waals surface area contributed by atoms with Crippen LogP contribution in [0.25, 0.3) is 0 Å². The molecule has 1 aliphatic carbocycles. The number of aliphatic hydroxyl groups excluding tert-OH is 1. The first-order valence-corrected chi connectivity index (χ1v) is 12.3. The molecule has 0 spiro atoms. The van der Waals surface area contributed by atoms with E-state index < -0.39 is 17.3 Å². The molecule has 0 aromatic heterocycles. The van der Waals surface area contributed by atoms with Gasteiger partial charge in [-0.3, -0.25) is 9.59 Å². The number of likely N-dealkylation sites (N-methyl/N-ethyl adjacent to an activating group) is 1. The van der Waals surface area contributed by atoms with Gasteiger partial charge in [0.1, 0.15) is 36.9 Å². The van der Waals surface area contributed by atoms with Crippen molar-refractivity contribution in [1.82, 2.24) is 5.32 Å². The van der Waals surface area contributed by atoms with Gasteiger partial charge in [0, 0.05) is 12.8 Å². The fourth-order valence-corrected chi connectivity index (χ4v) is 4.55. The Morgan fingerprint density at radius 2 is 1.83 bits per heavy atom. The van der Waals surface area contributed by atoms with Gasteiger partial charge in [0.2, 0.25) is 5.91 Å². The summed E-state index contributed by atoms with van der Waals surface area (Å²) in [7, 11) is 3.95. The normalized spacial score (nSPS) is 18.8. The summed E-state index contributed by atoms with van der Waals surface area (Å²) in [5.41, 5.74) is 2.45. The lowest BCUT2D eigenvalue weighted by Gasteiger charge is -2.32. The molecule has 1 aromatic rings. The second-order valence-electron chi connectivity index (χ2n) is 10.3. The van der Waals surface area contributed by atoms with Crippen LogP contribution in [0.1, 0.15) is 49.3 Å². The van der Waals surface area contributed by atoms with Crippen LogP contribution in [0, 0.1) is 36.8 Å². The minimum atomic E-state index is -0.769. The lowest BCUT2D eigenvalue weighted by Crippen LogP contribution is -2.51. The highest BCUT2D eigenvalue weighted by molar-refractivity contribution is 5.78. The van der Waals surface area contributed by atoms with Gasteiger partial charge in [-0.1, -0.05) is 0 Å². The molecule has 1 saturated carbocycles. The maximum atomic E-state index is 12.5. The van der Waals surface area contributed by atoms with Crippen molar-refractivity contribution in [1.29, 1.82) is 0 Å². The molecule has 0 saturated heterocycles. The number of aryl methyl sites for hydroxylation is 1. The highest BCUT2D eigenvalue weighted by atomic mass is 17.0. The van der Waals surface area contributed by atoms with Crippen molar-refractivity contribution in [2.45, 2.75) is 65.6 Å². The molecule has 11 heteroatoms. The Hall–Kier alpha value is -2.92. The summed E-state index contributed by atoms with van der Waals surface area (Å²) in [6, 6.07) is 1.81. The number of quaternary nitrogens is 1. The number of carbonyl (C=O) groups is 2. The molecule has 0 heterocycles. The summed E-state index contributed by atoms with van der Waals surface area (Å²) in [6.07, 6.45) is 0.986. The van der Waals surface area contributed by atoms with Gasteiger partial charge in [-0.25, -0.2) is 0 Å². The first kappa shape index (κ1) is 29.3. The molecule has 2 N–H and O–H groups in total. The number of nitrogens with one attached hydrogen (secondary N) is 1. The van der Waals surface area contributed by atoms with Crippen LogP contribution >= 0.6 is 0 Å². The first-order chi connectivity index (χ1) is 16.8. The van der Waals surface area contributed by atoms with E-state index >= 15 is 0 Å². The quantitative estimate of drug-likeness (QED) is 0.144. The van der Waals surface area contributed by atoms with Crippen molar-refractivity contribution < 1.29 is 38.6 Å². The standard InChI is InChI=1S/C25H39N3O8/c1-16-13-23(17(2)18(3)24(16)35-19(4)29)34-15-21(30)14-28(5,6)12-11-26-25(31)20-7-9-22(10-8-20)36-27(32)33/h13,20-22,30H,7-12,14-15H2,1-6H3/p+1. The second-order valence-corrected chi connectivity index (χ2v) is 10.3. The van der Waals surface area contributed by atoms with Gasteiger partial charge >= 0.3 is 5.97 Å². The van der Waals surface area contributed by atoms with E-state index in [1.54, 1.807) is 6.07 Å². The number of hydrogen-bond donors (Lipinski definition) is 2. The van der Waals surface area contributed by atoms with Crippen molar-refractivity contribution in [3.8, 4) is 11.5 Å². The molecule has 1 amide bonds. The van der Waals surface area contributed by atoms with Crippen molar-refractivity contribution >= 4 is 11.9 Å². The Morgan fingerprint density at radius 3 is 2.42 bits per heavy atom. The predicted octanol–water partition coefficient (Wildman–Crippen LogP) is 2.24. The molecule has 11 nitrogen and oxygen atoms in total. The zero-order valence-electron chi connectivity index (χ0n) is 22.2. The average molecular weight is 511 g/mol. The minimum Gasteiger partial charge on any atom is -0.490 e. The van der Waals surface area contributed by atoms with Gasteiger partial charge in [0.05, 0.1) is 27.2 Å². The Balaban J connectivity index is 1.78. The fraction of sp³-hybridized carbons (Fsp3) is 0.680. The van der Waals surface area contributed by atoms with Crippen molar-refractivity contribution in [3.63, 3.8) is 0 Å². The molecular weight excluding hydrogens is 470 g/mol. The topological polar surface area (TPSA) is 137 Å². The molecule has 1 fully saturated rings. The van der Waals surface area contributed by atoms with Crippen LogP contribution in [0.2, 0.25) is 0 Å². The van der Waals surface area contributed by atoms with Crippen molar-refractivity contribution in [2.24, 2.45) is 5.92 Å². The van der Waals surface area contributed by atoms with E-state index in [9.17, 15) is 24.8 Å². The third-order valence-corrected chi connectivity index (χ3v) is 6.66. The Morgan fingerprint density at radius 1 is 1.19 bits per heavy atom. The van der Waals surface area contributed by atoms with Crippen LogP contribution in [0.5, 0.6) is 11.5 Å². The number of benzene rings is 1. The number of amides is 1. The minimum absolute atomic E-state index is 0.0446. The molecule has 1 atom stereocenters. The Bertz CT molecular complexity index is 942. The molecule has 0 radical (unpaired) electrons. The lowest BCUT2D eigenvalue weighted by molar-refractivity contribution is -0.892. The van der Waals surface area contributed by atoms with E-state index in [0.717, 1.165) is 16.7 Å². The van der Waals surface area contributed by atoms with Crippen LogP contribution in [-0.4, -0.2) is 79.1 Å². The fourth-order valence-electron chi connectivity index (χ4n) is 4.55. The van der Waals surface area contributed by atoms with Gasteiger partial charge in [-0.2, -0.15) is 0 Å². The molecule has 2 rings (SSSR count). The summed E-state index contributed by atoms with van der Waals surface area (Å²) in [6.45, 7) is 8.57. The van der Waals surface area contributed by atoms with Crippen LogP contribution < -0.4 is 14.8 Å².